The maximum absolute atomic E-state index is 11.8. The van der Waals surface area contributed by atoms with Gasteiger partial charge in [-0.3, -0.25) is 4.79 Å². The molecular formula is C22H26N2O4. The predicted molar refractivity (Wildman–Crippen MR) is 108 cm³/mol. The Kier molecular flexibility index (Phi) is 7.29. The van der Waals surface area contributed by atoms with Crippen LogP contribution in [0.25, 0.3) is 0 Å². The first kappa shape index (κ1) is 19.7. The van der Waals surface area contributed by atoms with Crippen LogP contribution in [0.15, 0.2) is 53.7 Å². The number of benzene rings is 2. The van der Waals surface area contributed by atoms with Gasteiger partial charge in [0.05, 0.1) is 13.3 Å². The molecule has 0 saturated heterocycles. The van der Waals surface area contributed by atoms with Crippen LogP contribution >= 0.6 is 0 Å². The Bertz CT molecular complexity index is 786. The van der Waals surface area contributed by atoms with Crippen LogP contribution in [0, 0.1) is 0 Å². The van der Waals surface area contributed by atoms with E-state index in [1.165, 1.54) is 12.8 Å². The first-order valence-electron chi connectivity index (χ1n) is 9.54. The van der Waals surface area contributed by atoms with Gasteiger partial charge in [-0.05, 0) is 36.6 Å². The van der Waals surface area contributed by atoms with E-state index in [0.717, 1.165) is 24.0 Å². The lowest BCUT2D eigenvalue weighted by Crippen LogP contribution is -2.34. The van der Waals surface area contributed by atoms with Crippen LogP contribution in [0.5, 0.6) is 11.5 Å². The van der Waals surface area contributed by atoms with Crippen molar-refractivity contribution in [3.8, 4) is 11.5 Å². The molecule has 2 aromatic rings. The molecule has 1 fully saturated rings. The number of oxime groups is 1. The highest BCUT2D eigenvalue weighted by Crippen LogP contribution is 2.28. The largest absolute Gasteiger partial charge is 0.493 e. The summed E-state index contributed by atoms with van der Waals surface area (Å²) in [5, 5.41) is 6.85. The molecule has 0 aromatic heterocycles. The first-order chi connectivity index (χ1) is 13.7. The summed E-state index contributed by atoms with van der Waals surface area (Å²) in [6.07, 6.45) is 6.00. The average molecular weight is 382 g/mol. The SMILES string of the molecule is COc1ccc(/C=N/OCC(=O)NC2CCCC2)cc1OCc1ccccc1. The van der Waals surface area contributed by atoms with Crippen LogP contribution in [-0.4, -0.2) is 31.9 Å². The molecule has 148 valence electrons. The highest BCUT2D eigenvalue weighted by Gasteiger charge is 2.17. The number of amides is 1. The molecule has 0 unspecified atom stereocenters. The summed E-state index contributed by atoms with van der Waals surface area (Å²) in [5.41, 5.74) is 1.86. The third kappa shape index (κ3) is 6.01. The van der Waals surface area contributed by atoms with Crippen molar-refractivity contribution in [2.45, 2.75) is 38.3 Å². The van der Waals surface area contributed by atoms with Crippen molar-refractivity contribution in [2.75, 3.05) is 13.7 Å². The Morgan fingerprint density at radius 1 is 1.14 bits per heavy atom. The molecule has 6 nitrogen and oxygen atoms in total. The van der Waals surface area contributed by atoms with Crippen molar-refractivity contribution < 1.29 is 19.1 Å². The highest BCUT2D eigenvalue weighted by molar-refractivity contribution is 5.81. The maximum Gasteiger partial charge on any atom is 0.260 e. The molecule has 3 rings (SSSR count). The van der Waals surface area contributed by atoms with Gasteiger partial charge in [-0.1, -0.05) is 48.3 Å². The number of hydrogen-bond acceptors (Lipinski definition) is 5. The van der Waals surface area contributed by atoms with Gasteiger partial charge in [0.15, 0.2) is 18.1 Å². The van der Waals surface area contributed by atoms with Crippen molar-refractivity contribution >= 4 is 12.1 Å². The molecule has 1 amide bonds. The molecule has 2 aromatic carbocycles. The van der Waals surface area contributed by atoms with Gasteiger partial charge in [0, 0.05) is 11.6 Å². The fourth-order valence-electron chi connectivity index (χ4n) is 3.16. The topological polar surface area (TPSA) is 69.2 Å². The molecule has 0 aliphatic heterocycles. The Balaban J connectivity index is 1.51. The van der Waals surface area contributed by atoms with Gasteiger partial charge in [-0.2, -0.15) is 0 Å². The van der Waals surface area contributed by atoms with Crippen LogP contribution in [0.4, 0.5) is 0 Å². The number of ether oxygens (including phenoxy) is 2. The Morgan fingerprint density at radius 3 is 2.68 bits per heavy atom. The van der Waals surface area contributed by atoms with Crippen molar-refractivity contribution in [1.82, 2.24) is 5.32 Å². The number of rotatable bonds is 9. The van der Waals surface area contributed by atoms with Gasteiger partial charge >= 0.3 is 0 Å². The third-order valence-corrected chi connectivity index (χ3v) is 4.62. The second-order valence-electron chi connectivity index (χ2n) is 6.74. The lowest BCUT2D eigenvalue weighted by molar-refractivity contribution is -0.126. The summed E-state index contributed by atoms with van der Waals surface area (Å²) in [6, 6.07) is 15.7. The Labute approximate surface area is 165 Å². The molecule has 0 heterocycles. The Hall–Kier alpha value is -3.02. The standard InChI is InChI=1S/C22H26N2O4/c1-26-20-12-11-18(13-21(20)27-15-17-7-3-2-4-8-17)14-23-28-16-22(25)24-19-9-5-6-10-19/h2-4,7-8,11-14,19H,5-6,9-10,15-16H2,1H3,(H,24,25)/b23-14+. The molecular weight excluding hydrogens is 356 g/mol. The smallest absolute Gasteiger partial charge is 0.260 e. The van der Waals surface area contributed by atoms with Crippen LogP contribution < -0.4 is 14.8 Å². The molecule has 0 radical (unpaired) electrons. The van der Waals surface area contributed by atoms with E-state index < -0.39 is 0 Å². The van der Waals surface area contributed by atoms with Crippen molar-refractivity contribution in [2.24, 2.45) is 5.16 Å². The normalized spacial score (nSPS) is 14.2. The minimum Gasteiger partial charge on any atom is -0.493 e. The molecule has 6 heteroatoms. The minimum atomic E-state index is -0.134. The predicted octanol–water partition coefficient (Wildman–Crippen LogP) is 3.68. The van der Waals surface area contributed by atoms with Crippen molar-refractivity contribution in [1.29, 1.82) is 0 Å². The molecule has 0 bridgehead atoms. The fourth-order valence-corrected chi connectivity index (χ4v) is 3.16. The monoisotopic (exact) mass is 382 g/mol. The lowest BCUT2D eigenvalue weighted by atomic mass is 10.2. The zero-order chi connectivity index (χ0) is 19.6. The van der Waals surface area contributed by atoms with E-state index in [1.54, 1.807) is 13.3 Å². The highest BCUT2D eigenvalue weighted by atomic mass is 16.6. The molecule has 1 N–H and O–H groups in total. The number of methoxy groups -OCH3 is 1. The van der Waals surface area contributed by atoms with Gasteiger partial charge in [0.25, 0.3) is 5.91 Å². The minimum absolute atomic E-state index is 0.0828. The van der Waals surface area contributed by atoms with Gasteiger partial charge in [-0.25, -0.2) is 0 Å². The number of carbonyl (C=O) groups is 1. The van der Waals surface area contributed by atoms with E-state index in [-0.39, 0.29) is 18.6 Å². The molecule has 0 spiro atoms. The average Bonchev–Trinajstić information content (AvgIpc) is 3.23. The molecule has 1 saturated carbocycles. The summed E-state index contributed by atoms with van der Waals surface area (Å²) in [6.45, 7) is 0.357. The molecule has 1 aliphatic rings. The number of nitrogens with zero attached hydrogens (tertiary/aromatic N) is 1. The fraction of sp³-hybridized carbons (Fsp3) is 0.364. The van der Waals surface area contributed by atoms with Crippen LogP contribution in [0.3, 0.4) is 0 Å². The van der Waals surface area contributed by atoms with E-state index in [4.69, 9.17) is 14.3 Å². The van der Waals surface area contributed by atoms with Gasteiger partial charge in [-0.15, -0.1) is 0 Å². The summed E-state index contributed by atoms with van der Waals surface area (Å²) >= 11 is 0. The molecule has 0 atom stereocenters. The summed E-state index contributed by atoms with van der Waals surface area (Å²) in [7, 11) is 1.60. The van der Waals surface area contributed by atoms with E-state index in [2.05, 4.69) is 10.5 Å². The summed E-state index contributed by atoms with van der Waals surface area (Å²) < 4.78 is 11.2. The molecule has 28 heavy (non-hydrogen) atoms. The zero-order valence-electron chi connectivity index (χ0n) is 16.1. The van der Waals surface area contributed by atoms with E-state index in [1.807, 2.05) is 48.5 Å². The maximum atomic E-state index is 11.8. The van der Waals surface area contributed by atoms with E-state index >= 15 is 0 Å². The quantitative estimate of drug-likeness (QED) is 0.531. The third-order valence-electron chi connectivity index (χ3n) is 4.62. The van der Waals surface area contributed by atoms with E-state index in [0.29, 0.717) is 18.1 Å². The summed E-state index contributed by atoms with van der Waals surface area (Å²) in [5.74, 6) is 1.13. The van der Waals surface area contributed by atoms with Crippen molar-refractivity contribution in [3.05, 3.63) is 59.7 Å². The Morgan fingerprint density at radius 2 is 1.93 bits per heavy atom. The van der Waals surface area contributed by atoms with Crippen LogP contribution in [0.1, 0.15) is 36.8 Å². The van der Waals surface area contributed by atoms with Gasteiger partial charge < -0.3 is 19.6 Å². The second kappa shape index (κ2) is 10.3. The summed E-state index contributed by atoms with van der Waals surface area (Å²) in [4.78, 5) is 16.9. The molecule has 1 aliphatic carbocycles. The van der Waals surface area contributed by atoms with Crippen molar-refractivity contribution in [3.63, 3.8) is 0 Å². The zero-order valence-corrected chi connectivity index (χ0v) is 16.1. The van der Waals surface area contributed by atoms with Crippen LogP contribution in [-0.2, 0) is 16.2 Å². The van der Waals surface area contributed by atoms with Gasteiger partial charge in [0.1, 0.15) is 6.61 Å². The lowest BCUT2D eigenvalue weighted by Gasteiger charge is -2.11. The van der Waals surface area contributed by atoms with Gasteiger partial charge in [0.2, 0.25) is 0 Å². The van der Waals surface area contributed by atoms with E-state index in [9.17, 15) is 4.79 Å². The van der Waals surface area contributed by atoms with Crippen LogP contribution in [0.2, 0.25) is 0 Å². The second-order valence-corrected chi connectivity index (χ2v) is 6.74. The first-order valence-corrected chi connectivity index (χ1v) is 9.54. The number of hydrogen-bond donors (Lipinski definition) is 1. The number of carbonyl (C=O) groups excluding carboxylic acids is 1. The number of nitrogens with one attached hydrogen (secondary N) is 1.